The molecule has 2 amide bonds. The maximum atomic E-state index is 12.6. The molecule has 3 heterocycles. The van der Waals surface area contributed by atoms with Crippen LogP contribution in [0.4, 0.5) is 0 Å². The molecule has 3 rings (SSSR count). The lowest BCUT2D eigenvalue weighted by atomic mass is 10.1. The van der Waals surface area contributed by atoms with Gasteiger partial charge in [0, 0.05) is 51.7 Å². The van der Waals surface area contributed by atoms with E-state index in [0.29, 0.717) is 19.0 Å². The second kappa shape index (κ2) is 9.80. The molecule has 0 aromatic heterocycles. The summed E-state index contributed by atoms with van der Waals surface area (Å²) in [5, 5.41) is 3.26. The number of hydrogen-bond acceptors (Lipinski definition) is 4. The zero-order chi connectivity index (χ0) is 15.5. The minimum absolute atomic E-state index is 0. The van der Waals surface area contributed by atoms with Crippen LogP contribution in [0.3, 0.4) is 0 Å². The van der Waals surface area contributed by atoms with Crippen molar-refractivity contribution in [2.75, 3.05) is 52.4 Å². The number of rotatable bonds is 4. The van der Waals surface area contributed by atoms with E-state index in [1.807, 2.05) is 9.80 Å². The van der Waals surface area contributed by atoms with Crippen molar-refractivity contribution in [3.63, 3.8) is 0 Å². The average Bonchev–Trinajstić information content (AvgIpc) is 3.15. The molecule has 1 N–H and O–H groups in total. The van der Waals surface area contributed by atoms with Crippen LogP contribution in [-0.2, 0) is 9.59 Å². The number of likely N-dealkylation sites (N-methyl/N-ethyl adjacent to an activating group) is 1. The predicted molar refractivity (Wildman–Crippen MR) is 98.9 cm³/mol. The minimum Gasteiger partial charge on any atom is -0.340 e. The molecule has 2 unspecified atom stereocenters. The fourth-order valence-corrected chi connectivity index (χ4v) is 4.03. The molecular formula is C16H30Cl2N4O2. The fourth-order valence-electron chi connectivity index (χ4n) is 4.03. The van der Waals surface area contributed by atoms with Crippen molar-refractivity contribution in [3.05, 3.63) is 0 Å². The van der Waals surface area contributed by atoms with E-state index in [1.54, 1.807) is 0 Å². The summed E-state index contributed by atoms with van der Waals surface area (Å²) in [7, 11) is 0. The van der Waals surface area contributed by atoms with Crippen LogP contribution >= 0.6 is 24.8 Å². The van der Waals surface area contributed by atoms with Gasteiger partial charge < -0.3 is 15.1 Å². The van der Waals surface area contributed by atoms with E-state index in [4.69, 9.17) is 0 Å². The van der Waals surface area contributed by atoms with Gasteiger partial charge in [-0.25, -0.2) is 0 Å². The van der Waals surface area contributed by atoms with E-state index < -0.39 is 0 Å². The van der Waals surface area contributed by atoms with Crippen molar-refractivity contribution in [1.82, 2.24) is 20.0 Å². The van der Waals surface area contributed by atoms with E-state index in [0.717, 1.165) is 45.8 Å². The van der Waals surface area contributed by atoms with Gasteiger partial charge >= 0.3 is 0 Å². The number of hydrogen-bond donors (Lipinski definition) is 1. The van der Waals surface area contributed by atoms with Crippen molar-refractivity contribution in [1.29, 1.82) is 0 Å². The molecule has 24 heavy (non-hydrogen) atoms. The number of piperazine rings is 1. The molecule has 0 aliphatic carbocycles. The van der Waals surface area contributed by atoms with Crippen LogP contribution in [-0.4, -0.2) is 84.9 Å². The summed E-state index contributed by atoms with van der Waals surface area (Å²) >= 11 is 0. The fraction of sp³-hybridized carbons (Fsp3) is 0.875. The molecule has 6 nitrogen and oxygen atoms in total. The van der Waals surface area contributed by atoms with Crippen molar-refractivity contribution in [2.24, 2.45) is 5.92 Å². The quantitative estimate of drug-likeness (QED) is 0.775. The second-order valence-corrected chi connectivity index (χ2v) is 6.70. The summed E-state index contributed by atoms with van der Waals surface area (Å²) in [5.74, 6) is 0.217. The molecule has 3 saturated heterocycles. The molecule has 0 saturated carbocycles. The molecule has 3 fully saturated rings. The van der Waals surface area contributed by atoms with Crippen LogP contribution in [0.2, 0.25) is 0 Å². The van der Waals surface area contributed by atoms with E-state index >= 15 is 0 Å². The Hall–Kier alpha value is -0.560. The van der Waals surface area contributed by atoms with Gasteiger partial charge in [-0.15, -0.1) is 24.8 Å². The molecule has 3 aliphatic rings. The van der Waals surface area contributed by atoms with Crippen LogP contribution in [0, 0.1) is 5.92 Å². The molecule has 0 aromatic carbocycles. The summed E-state index contributed by atoms with van der Waals surface area (Å²) in [6.07, 6.45) is 2.80. The molecule has 0 aromatic rings. The maximum absolute atomic E-state index is 12.6. The Labute approximate surface area is 157 Å². The SMILES string of the molecule is CCN1CCCC1CN1CC(C(=O)N2CCNCC2)CC1=O.Cl.Cl. The molecular weight excluding hydrogens is 351 g/mol. The minimum atomic E-state index is -0.123. The number of nitrogens with zero attached hydrogens (tertiary/aromatic N) is 3. The Morgan fingerprint density at radius 2 is 1.92 bits per heavy atom. The number of carbonyl (C=O) groups is 2. The van der Waals surface area contributed by atoms with E-state index in [9.17, 15) is 9.59 Å². The Balaban J connectivity index is 0.00000144. The normalized spacial score (nSPS) is 27.8. The van der Waals surface area contributed by atoms with Gasteiger partial charge in [-0.05, 0) is 25.9 Å². The lowest BCUT2D eigenvalue weighted by molar-refractivity contribution is -0.136. The molecule has 2 atom stereocenters. The van der Waals surface area contributed by atoms with Crippen LogP contribution in [0.25, 0.3) is 0 Å². The summed E-state index contributed by atoms with van der Waals surface area (Å²) in [4.78, 5) is 31.2. The first-order valence-electron chi connectivity index (χ1n) is 8.70. The van der Waals surface area contributed by atoms with Gasteiger partial charge in [0.1, 0.15) is 0 Å². The van der Waals surface area contributed by atoms with Crippen LogP contribution < -0.4 is 5.32 Å². The number of carbonyl (C=O) groups excluding carboxylic acids is 2. The van der Waals surface area contributed by atoms with E-state index in [1.165, 1.54) is 12.8 Å². The number of amides is 2. The molecule has 0 radical (unpaired) electrons. The van der Waals surface area contributed by atoms with Crippen molar-refractivity contribution >= 4 is 36.6 Å². The molecule has 0 bridgehead atoms. The van der Waals surface area contributed by atoms with Gasteiger partial charge in [-0.2, -0.15) is 0 Å². The number of nitrogens with one attached hydrogen (secondary N) is 1. The third-order valence-corrected chi connectivity index (χ3v) is 5.33. The van der Waals surface area contributed by atoms with Crippen LogP contribution in [0.5, 0.6) is 0 Å². The summed E-state index contributed by atoms with van der Waals surface area (Å²) in [5.41, 5.74) is 0. The maximum Gasteiger partial charge on any atom is 0.228 e. The van der Waals surface area contributed by atoms with Crippen LogP contribution in [0.1, 0.15) is 26.2 Å². The van der Waals surface area contributed by atoms with E-state index in [2.05, 4.69) is 17.1 Å². The Morgan fingerprint density at radius 3 is 2.58 bits per heavy atom. The van der Waals surface area contributed by atoms with Crippen LogP contribution in [0.15, 0.2) is 0 Å². The molecule has 140 valence electrons. The number of likely N-dealkylation sites (tertiary alicyclic amines) is 2. The highest BCUT2D eigenvalue weighted by atomic mass is 35.5. The van der Waals surface area contributed by atoms with Crippen molar-refractivity contribution in [2.45, 2.75) is 32.2 Å². The van der Waals surface area contributed by atoms with Gasteiger partial charge in [0.05, 0.1) is 5.92 Å². The topological polar surface area (TPSA) is 55.9 Å². The third-order valence-electron chi connectivity index (χ3n) is 5.33. The van der Waals surface area contributed by atoms with Gasteiger partial charge in [-0.3, -0.25) is 14.5 Å². The monoisotopic (exact) mass is 380 g/mol. The second-order valence-electron chi connectivity index (χ2n) is 6.70. The third kappa shape index (κ3) is 4.75. The number of halogens is 2. The molecule has 8 heteroatoms. The first kappa shape index (κ1) is 21.5. The Kier molecular flexibility index (Phi) is 8.77. The lowest BCUT2D eigenvalue weighted by Crippen LogP contribution is -2.49. The lowest BCUT2D eigenvalue weighted by Gasteiger charge is -2.30. The average molecular weight is 381 g/mol. The summed E-state index contributed by atoms with van der Waals surface area (Å²) in [6.45, 7) is 9.08. The van der Waals surface area contributed by atoms with Gasteiger partial charge in [-0.1, -0.05) is 6.92 Å². The highest BCUT2D eigenvalue weighted by Gasteiger charge is 2.38. The zero-order valence-electron chi connectivity index (χ0n) is 14.4. The van der Waals surface area contributed by atoms with Crippen molar-refractivity contribution in [3.8, 4) is 0 Å². The summed E-state index contributed by atoms with van der Waals surface area (Å²) in [6, 6.07) is 0.488. The van der Waals surface area contributed by atoms with Gasteiger partial charge in [0.15, 0.2) is 0 Å². The standard InChI is InChI=1S/C16H28N4O2.2ClH/c1-2-18-7-3-4-14(18)12-20-11-13(10-15(20)21)16(22)19-8-5-17-6-9-19;;/h13-14,17H,2-12H2,1H3;2*1H. The molecule has 0 spiro atoms. The largest absolute Gasteiger partial charge is 0.340 e. The Morgan fingerprint density at radius 1 is 1.21 bits per heavy atom. The zero-order valence-corrected chi connectivity index (χ0v) is 16.0. The first-order chi connectivity index (χ1) is 10.7. The summed E-state index contributed by atoms with van der Waals surface area (Å²) < 4.78 is 0. The van der Waals surface area contributed by atoms with Crippen molar-refractivity contribution < 1.29 is 9.59 Å². The first-order valence-corrected chi connectivity index (χ1v) is 8.70. The molecule has 3 aliphatic heterocycles. The highest BCUT2D eigenvalue weighted by Crippen LogP contribution is 2.24. The smallest absolute Gasteiger partial charge is 0.228 e. The highest BCUT2D eigenvalue weighted by molar-refractivity contribution is 5.89. The Bertz CT molecular complexity index is 432. The van der Waals surface area contributed by atoms with Gasteiger partial charge in [0.25, 0.3) is 0 Å². The van der Waals surface area contributed by atoms with Gasteiger partial charge in [0.2, 0.25) is 11.8 Å². The van der Waals surface area contributed by atoms with E-state index in [-0.39, 0.29) is 42.5 Å². The predicted octanol–water partition coefficient (Wildman–Crippen LogP) is 0.595.